The molecular weight excluding hydrogens is 162 g/mol. The minimum Gasteiger partial charge on any atom is -0.338 e. The van der Waals surface area contributed by atoms with Gasteiger partial charge in [-0.3, -0.25) is 0 Å². The molecule has 72 valence electrons. The summed E-state index contributed by atoms with van der Waals surface area (Å²) in [7, 11) is 2.07. The molecule has 0 amide bonds. The highest BCUT2D eigenvalue weighted by molar-refractivity contribution is 4.99. The van der Waals surface area contributed by atoms with E-state index in [9.17, 15) is 0 Å². The van der Waals surface area contributed by atoms with Crippen LogP contribution in [0.3, 0.4) is 0 Å². The number of rotatable bonds is 2. The summed E-state index contributed by atoms with van der Waals surface area (Å²) in [4.78, 5) is 4.13. The van der Waals surface area contributed by atoms with Crippen molar-refractivity contribution in [3.8, 4) is 0 Å². The average molecular weight is 179 g/mol. The van der Waals surface area contributed by atoms with Gasteiger partial charge in [-0.1, -0.05) is 0 Å². The molecule has 3 nitrogen and oxygen atoms in total. The Labute approximate surface area is 79.2 Å². The Balaban J connectivity index is 1.93. The molecule has 1 saturated heterocycles. The van der Waals surface area contributed by atoms with E-state index in [4.69, 9.17) is 0 Å². The monoisotopic (exact) mass is 179 g/mol. The number of hydrogen-bond acceptors (Lipinski definition) is 2. The molecule has 1 atom stereocenters. The first-order valence-electron chi connectivity index (χ1n) is 5.02. The van der Waals surface area contributed by atoms with Crippen molar-refractivity contribution in [2.24, 2.45) is 13.0 Å². The summed E-state index contributed by atoms with van der Waals surface area (Å²) in [5, 5.41) is 3.44. The Morgan fingerprint density at radius 1 is 1.69 bits per heavy atom. The Bertz CT molecular complexity index is 261. The number of hydrogen-bond donors (Lipinski definition) is 1. The van der Waals surface area contributed by atoms with Crippen LogP contribution in [-0.2, 0) is 13.5 Å². The minimum absolute atomic E-state index is 0.809. The van der Waals surface area contributed by atoms with Gasteiger partial charge in [0.15, 0.2) is 0 Å². The van der Waals surface area contributed by atoms with E-state index in [2.05, 4.69) is 21.9 Å². The maximum Gasteiger partial charge on any atom is 0.0945 e. The van der Waals surface area contributed by atoms with Crippen LogP contribution in [0.2, 0.25) is 0 Å². The second-order valence-electron chi connectivity index (χ2n) is 3.91. The SMILES string of the molecule is Cn1cncc1C[C@@H]1CCCNC1. The van der Waals surface area contributed by atoms with Crippen molar-refractivity contribution in [1.29, 1.82) is 0 Å². The van der Waals surface area contributed by atoms with Gasteiger partial charge in [0.25, 0.3) is 0 Å². The molecule has 1 aromatic heterocycles. The molecule has 1 fully saturated rings. The average Bonchev–Trinajstić information content (AvgIpc) is 2.54. The molecule has 0 bridgehead atoms. The zero-order valence-electron chi connectivity index (χ0n) is 8.16. The van der Waals surface area contributed by atoms with Crippen molar-refractivity contribution in [2.45, 2.75) is 19.3 Å². The second-order valence-corrected chi connectivity index (χ2v) is 3.91. The molecule has 2 rings (SSSR count). The summed E-state index contributed by atoms with van der Waals surface area (Å²) in [6.45, 7) is 2.37. The van der Waals surface area contributed by atoms with Crippen molar-refractivity contribution in [3.05, 3.63) is 18.2 Å². The van der Waals surface area contributed by atoms with Crippen LogP contribution in [0.4, 0.5) is 0 Å². The number of aryl methyl sites for hydroxylation is 1. The first-order chi connectivity index (χ1) is 6.36. The highest BCUT2D eigenvalue weighted by Gasteiger charge is 2.14. The smallest absolute Gasteiger partial charge is 0.0945 e. The molecule has 3 heteroatoms. The van der Waals surface area contributed by atoms with E-state index >= 15 is 0 Å². The topological polar surface area (TPSA) is 29.9 Å². The molecule has 2 heterocycles. The largest absolute Gasteiger partial charge is 0.338 e. The predicted octanol–water partition coefficient (Wildman–Crippen LogP) is 0.962. The summed E-state index contributed by atoms with van der Waals surface area (Å²) >= 11 is 0. The van der Waals surface area contributed by atoms with Crippen molar-refractivity contribution in [2.75, 3.05) is 13.1 Å². The van der Waals surface area contributed by atoms with E-state index in [0.29, 0.717) is 0 Å². The van der Waals surface area contributed by atoms with Crippen LogP contribution < -0.4 is 5.32 Å². The van der Waals surface area contributed by atoms with Crippen molar-refractivity contribution in [1.82, 2.24) is 14.9 Å². The number of nitrogens with one attached hydrogen (secondary N) is 1. The summed E-state index contributed by atoms with van der Waals surface area (Å²) < 4.78 is 2.12. The van der Waals surface area contributed by atoms with Gasteiger partial charge >= 0.3 is 0 Å². The molecule has 0 spiro atoms. The predicted molar refractivity (Wildman–Crippen MR) is 52.5 cm³/mol. The minimum atomic E-state index is 0.809. The van der Waals surface area contributed by atoms with Crippen LogP contribution in [-0.4, -0.2) is 22.6 Å². The Hall–Kier alpha value is -0.830. The number of imidazole rings is 1. The Morgan fingerprint density at radius 2 is 2.62 bits per heavy atom. The van der Waals surface area contributed by atoms with Crippen LogP contribution in [0.25, 0.3) is 0 Å². The lowest BCUT2D eigenvalue weighted by molar-refractivity contribution is 0.371. The van der Waals surface area contributed by atoms with E-state index in [-0.39, 0.29) is 0 Å². The normalized spacial score (nSPS) is 23.3. The van der Waals surface area contributed by atoms with Gasteiger partial charge in [0.1, 0.15) is 0 Å². The van der Waals surface area contributed by atoms with Crippen molar-refractivity contribution in [3.63, 3.8) is 0 Å². The number of piperidine rings is 1. The number of aromatic nitrogens is 2. The molecule has 0 unspecified atom stereocenters. The molecule has 0 aromatic carbocycles. The molecule has 1 aliphatic rings. The zero-order chi connectivity index (χ0) is 9.10. The van der Waals surface area contributed by atoms with Crippen LogP contribution >= 0.6 is 0 Å². The summed E-state index contributed by atoms with van der Waals surface area (Å²) in [5.41, 5.74) is 1.36. The van der Waals surface area contributed by atoms with Gasteiger partial charge in [0.05, 0.1) is 6.33 Å². The molecule has 0 saturated carbocycles. The summed E-state index contributed by atoms with van der Waals surface area (Å²) in [6.07, 6.45) is 7.71. The lowest BCUT2D eigenvalue weighted by Gasteiger charge is -2.22. The standard InChI is InChI=1S/C10H17N3/c1-13-8-12-7-10(13)5-9-3-2-4-11-6-9/h7-9,11H,2-6H2,1H3/t9-/m0/s1. The summed E-state index contributed by atoms with van der Waals surface area (Å²) in [6, 6.07) is 0. The van der Waals surface area contributed by atoms with Crippen molar-refractivity contribution < 1.29 is 0 Å². The van der Waals surface area contributed by atoms with Gasteiger partial charge in [-0.05, 0) is 38.3 Å². The van der Waals surface area contributed by atoms with Gasteiger partial charge in [-0.2, -0.15) is 0 Å². The van der Waals surface area contributed by atoms with Crippen LogP contribution in [0, 0.1) is 5.92 Å². The molecule has 1 aromatic rings. The lowest BCUT2D eigenvalue weighted by Crippen LogP contribution is -2.31. The molecule has 1 N–H and O–H groups in total. The summed E-state index contributed by atoms with van der Waals surface area (Å²) in [5.74, 6) is 0.809. The fourth-order valence-corrected chi connectivity index (χ4v) is 1.98. The van der Waals surface area contributed by atoms with Gasteiger partial charge in [0, 0.05) is 18.9 Å². The molecule has 0 aliphatic carbocycles. The zero-order valence-corrected chi connectivity index (χ0v) is 8.16. The lowest BCUT2D eigenvalue weighted by atomic mass is 9.95. The van der Waals surface area contributed by atoms with E-state index in [1.54, 1.807) is 0 Å². The highest BCUT2D eigenvalue weighted by Crippen LogP contribution is 2.15. The third-order valence-corrected chi connectivity index (χ3v) is 2.81. The first-order valence-corrected chi connectivity index (χ1v) is 5.02. The van der Waals surface area contributed by atoms with E-state index in [1.165, 1.54) is 38.0 Å². The van der Waals surface area contributed by atoms with Gasteiger partial charge in [0.2, 0.25) is 0 Å². The molecule has 1 aliphatic heterocycles. The highest BCUT2D eigenvalue weighted by atomic mass is 15.0. The van der Waals surface area contributed by atoms with E-state index in [0.717, 1.165) is 5.92 Å². The van der Waals surface area contributed by atoms with Crippen LogP contribution in [0.5, 0.6) is 0 Å². The van der Waals surface area contributed by atoms with Gasteiger partial charge in [-0.25, -0.2) is 4.98 Å². The van der Waals surface area contributed by atoms with Gasteiger partial charge in [-0.15, -0.1) is 0 Å². The molecular formula is C10H17N3. The van der Waals surface area contributed by atoms with Crippen LogP contribution in [0.15, 0.2) is 12.5 Å². The molecule has 13 heavy (non-hydrogen) atoms. The second kappa shape index (κ2) is 3.92. The fourth-order valence-electron chi connectivity index (χ4n) is 1.98. The van der Waals surface area contributed by atoms with E-state index < -0.39 is 0 Å². The quantitative estimate of drug-likeness (QED) is 0.733. The third-order valence-electron chi connectivity index (χ3n) is 2.81. The molecule has 0 radical (unpaired) electrons. The fraction of sp³-hybridized carbons (Fsp3) is 0.700. The first kappa shape index (κ1) is 8.75. The van der Waals surface area contributed by atoms with Gasteiger partial charge < -0.3 is 9.88 Å². The van der Waals surface area contributed by atoms with Crippen LogP contribution in [0.1, 0.15) is 18.5 Å². The van der Waals surface area contributed by atoms with Crippen molar-refractivity contribution >= 4 is 0 Å². The van der Waals surface area contributed by atoms with E-state index in [1.807, 2.05) is 12.5 Å². The maximum absolute atomic E-state index is 4.13. The number of nitrogens with zero attached hydrogens (tertiary/aromatic N) is 2. The Morgan fingerprint density at radius 3 is 3.23 bits per heavy atom. The Kier molecular flexibility index (Phi) is 2.64. The third kappa shape index (κ3) is 2.10. The maximum atomic E-state index is 4.13.